The Morgan fingerprint density at radius 2 is 1.68 bits per heavy atom. The van der Waals surface area contributed by atoms with Crippen LogP contribution in [0.2, 0.25) is 0 Å². The lowest BCUT2D eigenvalue weighted by molar-refractivity contribution is -0.132. The lowest BCUT2D eigenvalue weighted by atomic mass is 10.2. The van der Waals surface area contributed by atoms with Crippen LogP contribution in [0.3, 0.4) is 0 Å². The average molecular weight is 635 g/mol. The summed E-state index contributed by atoms with van der Waals surface area (Å²) in [7, 11) is 0. The summed E-state index contributed by atoms with van der Waals surface area (Å²) >= 11 is 4.22. The summed E-state index contributed by atoms with van der Waals surface area (Å²) < 4.78 is 8.13. The van der Waals surface area contributed by atoms with Gasteiger partial charge >= 0.3 is 5.97 Å². The maximum Gasteiger partial charge on any atom is 0.308 e. The van der Waals surface area contributed by atoms with Gasteiger partial charge in [-0.25, -0.2) is 4.98 Å². The van der Waals surface area contributed by atoms with Gasteiger partial charge in [0.1, 0.15) is 0 Å². The maximum atomic E-state index is 13.2. The van der Waals surface area contributed by atoms with E-state index in [-0.39, 0.29) is 11.5 Å². The Morgan fingerprint density at radius 3 is 2.35 bits per heavy atom. The molecule has 154 valence electrons. The Balaban J connectivity index is 1.85. The molecule has 0 aliphatic heterocycles. The first-order valence-electron chi connectivity index (χ1n) is 9.23. The standard InChI is InChI=1S/C23H15I2N3O3/c1-14(29)31-21-18(24)11-15(12-19(21)25)13-26-28-22(16-7-3-2-4-8-16)27-20-10-6-5-9-17(20)23(28)30/h2-13H,1H3. The SMILES string of the molecule is CC(=O)Oc1c(I)cc(C=Nn2c(-c3ccccc3)nc3ccccc3c2=O)cc1I. The van der Waals surface area contributed by atoms with Crippen molar-refractivity contribution in [2.24, 2.45) is 5.10 Å². The number of hydrogen-bond donors (Lipinski definition) is 0. The Labute approximate surface area is 205 Å². The lowest BCUT2D eigenvalue weighted by Crippen LogP contribution is -2.20. The van der Waals surface area contributed by atoms with Crippen molar-refractivity contribution in [2.75, 3.05) is 0 Å². The largest absolute Gasteiger partial charge is 0.424 e. The molecule has 0 saturated heterocycles. The molecule has 1 heterocycles. The number of fused-ring (bicyclic) bond motifs is 1. The maximum absolute atomic E-state index is 13.2. The summed E-state index contributed by atoms with van der Waals surface area (Å²) in [6.45, 7) is 1.37. The molecule has 1 aromatic heterocycles. The minimum atomic E-state index is -0.376. The van der Waals surface area contributed by atoms with E-state index < -0.39 is 0 Å². The smallest absolute Gasteiger partial charge is 0.308 e. The molecule has 0 atom stereocenters. The van der Waals surface area contributed by atoms with Gasteiger partial charge in [-0.3, -0.25) is 9.59 Å². The van der Waals surface area contributed by atoms with E-state index in [2.05, 4.69) is 55.3 Å². The zero-order valence-electron chi connectivity index (χ0n) is 16.3. The highest BCUT2D eigenvalue weighted by molar-refractivity contribution is 14.1. The monoisotopic (exact) mass is 635 g/mol. The van der Waals surface area contributed by atoms with Gasteiger partial charge in [-0.1, -0.05) is 42.5 Å². The van der Waals surface area contributed by atoms with Gasteiger partial charge in [0, 0.05) is 12.5 Å². The third kappa shape index (κ3) is 4.69. The number of hydrogen-bond acceptors (Lipinski definition) is 5. The Hall–Kier alpha value is -2.60. The quantitative estimate of drug-likeness (QED) is 0.136. The first kappa shape index (κ1) is 21.6. The molecule has 8 heteroatoms. The molecule has 3 aromatic carbocycles. The van der Waals surface area contributed by atoms with Crippen LogP contribution in [-0.4, -0.2) is 21.8 Å². The van der Waals surface area contributed by atoms with Crippen LogP contribution in [0.15, 0.2) is 76.6 Å². The third-order valence-corrected chi connectivity index (χ3v) is 5.98. The number of nitrogens with zero attached hydrogens (tertiary/aromatic N) is 3. The van der Waals surface area contributed by atoms with Gasteiger partial charge in [0.15, 0.2) is 11.6 Å². The summed E-state index contributed by atoms with van der Waals surface area (Å²) in [4.78, 5) is 29.2. The van der Waals surface area contributed by atoms with Crippen LogP contribution in [-0.2, 0) is 4.79 Å². The molecule has 0 amide bonds. The topological polar surface area (TPSA) is 73.5 Å². The number of carbonyl (C=O) groups excluding carboxylic acids is 1. The Kier molecular flexibility index (Phi) is 6.46. The summed E-state index contributed by atoms with van der Waals surface area (Å²) in [5.41, 5.74) is 1.93. The molecule has 0 aliphatic rings. The molecule has 31 heavy (non-hydrogen) atoms. The van der Waals surface area contributed by atoms with Crippen molar-refractivity contribution in [3.63, 3.8) is 0 Å². The minimum Gasteiger partial charge on any atom is -0.424 e. The van der Waals surface area contributed by atoms with Crippen LogP contribution in [0.5, 0.6) is 5.75 Å². The number of rotatable bonds is 4. The van der Waals surface area contributed by atoms with Gasteiger partial charge in [-0.2, -0.15) is 9.78 Å². The fourth-order valence-electron chi connectivity index (χ4n) is 3.02. The molecular weight excluding hydrogens is 620 g/mol. The molecule has 0 fully saturated rings. The number of aromatic nitrogens is 2. The molecular formula is C23H15I2N3O3. The van der Waals surface area contributed by atoms with E-state index in [9.17, 15) is 9.59 Å². The van der Waals surface area contributed by atoms with Gasteiger partial charge < -0.3 is 4.74 Å². The van der Waals surface area contributed by atoms with Crippen molar-refractivity contribution < 1.29 is 9.53 Å². The van der Waals surface area contributed by atoms with Crippen LogP contribution in [0.4, 0.5) is 0 Å². The van der Waals surface area contributed by atoms with Gasteiger partial charge in [0.25, 0.3) is 5.56 Å². The molecule has 0 N–H and O–H groups in total. The number of para-hydroxylation sites is 1. The van der Waals surface area contributed by atoms with Gasteiger partial charge in [-0.15, -0.1) is 0 Å². The number of carbonyl (C=O) groups is 1. The molecule has 4 aromatic rings. The first-order valence-corrected chi connectivity index (χ1v) is 11.4. The molecule has 0 saturated carbocycles. The lowest BCUT2D eigenvalue weighted by Gasteiger charge is -2.10. The molecule has 0 bridgehead atoms. The number of esters is 1. The summed E-state index contributed by atoms with van der Waals surface area (Å²) in [6.07, 6.45) is 1.60. The van der Waals surface area contributed by atoms with E-state index in [1.807, 2.05) is 54.6 Å². The van der Waals surface area contributed by atoms with Crippen molar-refractivity contribution in [1.29, 1.82) is 0 Å². The van der Waals surface area contributed by atoms with Crippen LogP contribution in [0, 0.1) is 7.14 Å². The van der Waals surface area contributed by atoms with Crippen molar-refractivity contribution >= 4 is 68.3 Å². The van der Waals surface area contributed by atoms with Crippen LogP contribution < -0.4 is 10.3 Å². The summed E-state index contributed by atoms with van der Waals surface area (Å²) in [5.74, 6) is 0.598. The number of benzene rings is 3. The zero-order valence-corrected chi connectivity index (χ0v) is 20.6. The molecule has 0 unspecified atom stereocenters. The molecule has 0 spiro atoms. The third-order valence-electron chi connectivity index (χ3n) is 4.37. The Bertz CT molecular complexity index is 1360. The van der Waals surface area contributed by atoms with Crippen LogP contribution in [0.1, 0.15) is 12.5 Å². The van der Waals surface area contributed by atoms with E-state index in [0.29, 0.717) is 22.5 Å². The second-order valence-corrected chi connectivity index (χ2v) is 8.91. The van der Waals surface area contributed by atoms with Crippen LogP contribution >= 0.6 is 45.2 Å². The predicted molar refractivity (Wildman–Crippen MR) is 138 cm³/mol. The molecule has 6 nitrogen and oxygen atoms in total. The molecule has 0 radical (unpaired) electrons. The van der Waals surface area contributed by atoms with Crippen molar-refractivity contribution in [1.82, 2.24) is 9.66 Å². The minimum absolute atomic E-state index is 0.248. The molecule has 4 rings (SSSR count). The predicted octanol–water partition coefficient (Wildman–Crippen LogP) is 5.08. The fourth-order valence-corrected chi connectivity index (χ4v) is 5.06. The second kappa shape index (κ2) is 9.27. The number of ether oxygens (including phenoxy) is 1. The van der Waals surface area contributed by atoms with Crippen molar-refractivity contribution in [3.05, 3.63) is 89.8 Å². The molecule has 0 aliphatic carbocycles. The Morgan fingerprint density at radius 1 is 1.03 bits per heavy atom. The van der Waals surface area contributed by atoms with E-state index >= 15 is 0 Å². The first-order chi connectivity index (χ1) is 14.9. The second-order valence-electron chi connectivity index (χ2n) is 6.59. The normalized spacial score (nSPS) is 11.2. The van der Waals surface area contributed by atoms with E-state index in [1.165, 1.54) is 11.6 Å². The van der Waals surface area contributed by atoms with Crippen molar-refractivity contribution in [3.8, 4) is 17.1 Å². The van der Waals surface area contributed by atoms with E-state index in [0.717, 1.165) is 18.3 Å². The van der Waals surface area contributed by atoms with Crippen LogP contribution in [0.25, 0.3) is 22.3 Å². The highest BCUT2D eigenvalue weighted by Gasteiger charge is 2.13. The summed E-state index contributed by atoms with van der Waals surface area (Å²) in [6, 6.07) is 20.4. The van der Waals surface area contributed by atoms with Gasteiger partial charge in [-0.05, 0) is 75.0 Å². The fraction of sp³-hybridized carbons (Fsp3) is 0.0435. The van der Waals surface area contributed by atoms with Gasteiger partial charge in [0.2, 0.25) is 0 Å². The van der Waals surface area contributed by atoms with E-state index in [4.69, 9.17) is 4.74 Å². The number of halogens is 2. The summed E-state index contributed by atoms with van der Waals surface area (Å²) in [5, 5.41) is 4.97. The van der Waals surface area contributed by atoms with Gasteiger partial charge in [0.05, 0.1) is 24.3 Å². The zero-order chi connectivity index (χ0) is 22.0. The highest BCUT2D eigenvalue weighted by Crippen LogP contribution is 2.29. The van der Waals surface area contributed by atoms with Crippen molar-refractivity contribution in [2.45, 2.75) is 6.92 Å². The average Bonchev–Trinajstić information content (AvgIpc) is 2.76. The highest BCUT2D eigenvalue weighted by atomic mass is 127. The van der Waals surface area contributed by atoms with E-state index in [1.54, 1.807) is 18.3 Å².